The Kier molecular flexibility index (Phi) is 3.59. The van der Waals surface area contributed by atoms with Crippen LogP contribution in [-0.4, -0.2) is 19.3 Å². The Hall–Kier alpha value is -3.78. The number of aromatic amines is 1. The van der Waals surface area contributed by atoms with Gasteiger partial charge in [-0.25, -0.2) is 4.98 Å². The molecule has 0 amide bonds. The number of rotatable bonds is 3. The number of nitro benzene ring substituents is 1. The van der Waals surface area contributed by atoms with Crippen molar-refractivity contribution in [2.24, 2.45) is 0 Å². The maximum absolute atomic E-state index is 12.8. The summed E-state index contributed by atoms with van der Waals surface area (Å²) in [6.07, 6.45) is 5.42. The zero-order valence-electron chi connectivity index (χ0n) is 14.3. The second-order valence-electron chi connectivity index (χ2n) is 6.29. The minimum atomic E-state index is -0.446. The van der Waals surface area contributed by atoms with Crippen molar-refractivity contribution >= 4 is 39.0 Å². The summed E-state index contributed by atoms with van der Waals surface area (Å²) in [7, 11) is 0. The van der Waals surface area contributed by atoms with E-state index >= 15 is 0 Å². The zero-order valence-corrected chi connectivity index (χ0v) is 15.1. The Morgan fingerprint density at radius 3 is 2.68 bits per heavy atom. The van der Waals surface area contributed by atoms with Gasteiger partial charge in [0.25, 0.3) is 11.2 Å². The SMILES string of the molecule is O=c1c(=Cc2c[nH]c3ccccc23)sc2nc(-c3ccc([N+](=O)[O-])cc3)cn12. The van der Waals surface area contributed by atoms with Gasteiger partial charge in [0, 0.05) is 46.6 Å². The van der Waals surface area contributed by atoms with Crippen molar-refractivity contribution in [2.45, 2.75) is 0 Å². The summed E-state index contributed by atoms with van der Waals surface area (Å²) in [4.78, 5) is 31.4. The number of aromatic nitrogens is 3. The van der Waals surface area contributed by atoms with Crippen LogP contribution >= 0.6 is 11.3 Å². The molecule has 28 heavy (non-hydrogen) atoms. The Labute approximate surface area is 161 Å². The summed E-state index contributed by atoms with van der Waals surface area (Å²) in [6, 6.07) is 14.0. The molecule has 5 rings (SSSR count). The lowest BCUT2D eigenvalue weighted by Crippen LogP contribution is -2.22. The van der Waals surface area contributed by atoms with Gasteiger partial charge in [0.15, 0.2) is 4.96 Å². The molecule has 0 fully saturated rings. The number of benzene rings is 2. The molecule has 0 aliphatic rings. The number of non-ortho nitro benzene ring substituents is 1. The monoisotopic (exact) mass is 388 g/mol. The summed E-state index contributed by atoms with van der Waals surface area (Å²) in [5.74, 6) is 0. The van der Waals surface area contributed by atoms with Crippen molar-refractivity contribution < 1.29 is 4.92 Å². The maximum atomic E-state index is 12.8. The van der Waals surface area contributed by atoms with Crippen LogP contribution in [0, 0.1) is 10.1 Å². The molecule has 0 aliphatic carbocycles. The van der Waals surface area contributed by atoms with Crippen LogP contribution in [0.5, 0.6) is 0 Å². The summed E-state index contributed by atoms with van der Waals surface area (Å²) >= 11 is 1.32. The summed E-state index contributed by atoms with van der Waals surface area (Å²) < 4.78 is 2.12. The molecule has 0 atom stereocenters. The smallest absolute Gasteiger partial charge is 0.274 e. The van der Waals surface area contributed by atoms with Gasteiger partial charge in [-0.05, 0) is 24.3 Å². The Balaban J connectivity index is 1.58. The van der Waals surface area contributed by atoms with Gasteiger partial charge in [0.05, 0.1) is 15.1 Å². The molecule has 3 heterocycles. The lowest BCUT2D eigenvalue weighted by molar-refractivity contribution is -0.384. The van der Waals surface area contributed by atoms with Crippen molar-refractivity contribution in [3.8, 4) is 11.3 Å². The molecule has 5 aromatic rings. The van der Waals surface area contributed by atoms with Crippen LogP contribution in [-0.2, 0) is 0 Å². The minimum absolute atomic E-state index is 0.0184. The predicted octanol–water partition coefficient (Wildman–Crippen LogP) is 3.36. The van der Waals surface area contributed by atoms with Gasteiger partial charge in [0.1, 0.15) is 0 Å². The largest absolute Gasteiger partial charge is 0.361 e. The predicted molar refractivity (Wildman–Crippen MR) is 109 cm³/mol. The molecule has 8 heteroatoms. The first-order valence-electron chi connectivity index (χ1n) is 8.45. The third kappa shape index (κ3) is 2.58. The van der Waals surface area contributed by atoms with Crippen LogP contribution in [0.1, 0.15) is 5.56 Å². The Morgan fingerprint density at radius 2 is 1.93 bits per heavy atom. The standard InChI is InChI=1S/C20H12N4O3S/c25-19-18(9-13-10-21-16-4-2-1-3-15(13)16)28-20-22-17(11-23(19)20)12-5-7-14(8-6-12)24(26)27/h1-11,21H. The van der Waals surface area contributed by atoms with Crippen molar-refractivity contribution in [3.63, 3.8) is 0 Å². The fourth-order valence-corrected chi connectivity index (χ4v) is 4.13. The van der Waals surface area contributed by atoms with Crippen LogP contribution in [0.25, 0.3) is 33.2 Å². The highest BCUT2D eigenvalue weighted by atomic mass is 32.1. The zero-order chi connectivity index (χ0) is 19.3. The molecule has 0 saturated carbocycles. The molecular formula is C20H12N4O3S. The van der Waals surface area contributed by atoms with Gasteiger partial charge in [0.2, 0.25) is 0 Å². The molecule has 1 N–H and O–H groups in total. The van der Waals surface area contributed by atoms with Crippen molar-refractivity contribution in [2.75, 3.05) is 0 Å². The van der Waals surface area contributed by atoms with E-state index in [1.165, 1.54) is 27.9 Å². The van der Waals surface area contributed by atoms with E-state index in [1.54, 1.807) is 18.3 Å². The number of fused-ring (bicyclic) bond motifs is 2. The van der Waals surface area contributed by atoms with Crippen LogP contribution in [0.15, 0.2) is 65.7 Å². The number of H-pyrrole nitrogens is 1. The fourth-order valence-electron chi connectivity index (χ4n) is 3.18. The number of nitro groups is 1. The van der Waals surface area contributed by atoms with Gasteiger partial charge in [-0.3, -0.25) is 19.3 Å². The van der Waals surface area contributed by atoms with Crippen molar-refractivity contribution in [1.82, 2.24) is 14.4 Å². The summed E-state index contributed by atoms with van der Waals surface area (Å²) in [5.41, 5.74) is 3.19. The number of nitrogens with zero attached hydrogens (tertiary/aromatic N) is 3. The van der Waals surface area contributed by atoms with Crippen LogP contribution < -0.4 is 10.1 Å². The Morgan fingerprint density at radius 1 is 1.14 bits per heavy atom. The van der Waals surface area contributed by atoms with Gasteiger partial charge < -0.3 is 4.98 Å². The summed E-state index contributed by atoms with van der Waals surface area (Å²) in [6.45, 7) is 0. The van der Waals surface area contributed by atoms with Gasteiger partial charge in [-0.15, -0.1) is 0 Å². The minimum Gasteiger partial charge on any atom is -0.361 e. The first-order chi connectivity index (χ1) is 13.6. The van der Waals surface area contributed by atoms with Crippen molar-refractivity contribution in [1.29, 1.82) is 0 Å². The molecule has 3 aromatic heterocycles. The van der Waals surface area contributed by atoms with E-state index in [0.717, 1.165) is 22.0 Å². The first kappa shape index (κ1) is 16.4. The van der Waals surface area contributed by atoms with E-state index in [-0.39, 0.29) is 11.2 Å². The van der Waals surface area contributed by atoms with E-state index in [2.05, 4.69) is 9.97 Å². The fraction of sp³-hybridized carbons (Fsp3) is 0. The van der Waals surface area contributed by atoms with E-state index < -0.39 is 4.92 Å². The number of thiazole rings is 1. The highest BCUT2D eigenvalue weighted by Crippen LogP contribution is 2.22. The van der Waals surface area contributed by atoms with E-state index in [9.17, 15) is 14.9 Å². The third-order valence-corrected chi connectivity index (χ3v) is 5.57. The van der Waals surface area contributed by atoms with Crippen molar-refractivity contribution in [3.05, 3.63) is 91.5 Å². The van der Waals surface area contributed by atoms with Gasteiger partial charge in [-0.2, -0.15) is 0 Å². The number of imidazole rings is 1. The average molecular weight is 388 g/mol. The van der Waals surface area contributed by atoms with Crippen LogP contribution in [0.2, 0.25) is 0 Å². The maximum Gasteiger partial charge on any atom is 0.274 e. The molecular weight excluding hydrogens is 376 g/mol. The Bertz CT molecular complexity index is 1460. The van der Waals surface area contributed by atoms with Crippen LogP contribution in [0.4, 0.5) is 5.69 Å². The number of nitrogens with one attached hydrogen (secondary N) is 1. The lowest BCUT2D eigenvalue weighted by Gasteiger charge is -1.95. The second kappa shape index (κ2) is 6.14. The van der Waals surface area contributed by atoms with Gasteiger partial charge in [-0.1, -0.05) is 29.5 Å². The molecule has 0 spiro atoms. The molecule has 136 valence electrons. The number of hydrogen-bond acceptors (Lipinski definition) is 5. The molecule has 0 saturated heterocycles. The number of hydrogen-bond donors (Lipinski definition) is 1. The average Bonchev–Trinajstić information content (AvgIpc) is 3.38. The second-order valence-corrected chi connectivity index (χ2v) is 7.30. The highest BCUT2D eigenvalue weighted by molar-refractivity contribution is 7.15. The van der Waals surface area contributed by atoms with E-state index in [4.69, 9.17) is 0 Å². The molecule has 0 bridgehead atoms. The lowest BCUT2D eigenvalue weighted by atomic mass is 10.1. The highest BCUT2D eigenvalue weighted by Gasteiger charge is 2.12. The number of para-hydroxylation sites is 1. The molecule has 0 radical (unpaired) electrons. The molecule has 2 aromatic carbocycles. The van der Waals surface area contributed by atoms with E-state index in [1.807, 2.05) is 36.5 Å². The molecule has 0 aliphatic heterocycles. The molecule has 7 nitrogen and oxygen atoms in total. The first-order valence-corrected chi connectivity index (χ1v) is 9.26. The summed E-state index contributed by atoms with van der Waals surface area (Å²) in [5, 5.41) is 11.8. The topological polar surface area (TPSA) is 93.3 Å². The van der Waals surface area contributed by atoms with Gasteiger partial charge >= 0.3 is 0 Å². The quantitative estimate of drug-likeness (QED) is 0.379. The normalized spacial score (nSPS) is 12.2. The molecule has 0 unspecified atom stereocenters. The van der Waals surface area contributed by atoms with Crippen LogP contribution in [0.3, 0.4) is 0 Å². The third-order valence-electron chi connectivity index (χ3n) is 4.59. The van der Waals surface area contributed by atoms with E-state index in [0.29, 0.717) is 15.2 Å².